The van der Waals surface area contributed by atoms with E-state index in [-0.39, 0.29) is 5.58 Å². The van der Waals surface area contributed by atoms with Crippen molar-refractivity contribution in [3.8, 4) is 11.1 Å². The molecular weight excluding hydrogens is 387 g/mol. The first-order valence-electron chi connectivity index (χ1n) is 11.4. The smallest absolute Gasteiger partial charge is 0.344 e. The fourth-order valence-corrected chi connectivity index (χ4v) is 4.27. The zero-order chi connectivity index (χ0) is 21.8. The first kappa shape index (κ1) is 21.3. The van der Waals surface area contributed by atoms with E-state index >= 15 is 0 Å². The Balaban J connectivity index is 1.68. The van der Waals surface area contributed by atoms with Crippen molar-refractivity contribution in [2.75, 3.05) is 0 Å². The third kappa shape index (κ3) is 4.41. The summed E-state index contributed by atoms with van der Waals surface area (Å²) in [5.74, 6) is -0.419. The van der Waals surface area contributed by atoms with Crippen LogP contribution in [-0.2, 0) is 12.8 Å². The molecule has 0 N–H and O–H groups in total. The summed E-state index contributed by atoms with van der Waals surface area (Å²) < 4.78 is 20.3. The van der Waals surface area contributed by atoms with Crippen molar-refractivity contribution in [1.29, 1.82) is 0 Å². The van der Waals surface area contributed by atoms with Gasteiger partial charge in [0.2, 0.25) is 0 Å². The second-order valence-electron chi connectivity index (χ2n) is 8.32. The van der Waals surface area contributed by atoms with Crippen LogP contribution in [0.15, 0.2) is 63.8 Å². The van der Waals surface area contributed by atoms with E-state index in [0.717, 1.165) is 29.4 Å². The Labute approximate surface area is 182 Å². The van der Waals surface area contributed by atoms with Crippen molar-refractivity contribution in [2.24, 2.45) is 0 Å². The molecular formula is C28H29FO2. The minimum Gasteiger partial charge on any atom is -0.419 e. The van der Waals surface area contributed by atoms with Crippen molar-refractivity contribution in [2.45, 2.75) is 58.8 Å². The van der Waals surface area contributed by atoms with Gasteiger partial charge in [-0.1, -0.05) is 88.1 Å². The Kier molecular flexibility index (Phi) is 6.50. The predicted octanol–water partition coefficient (Wildman–Crippen LogP) is 7.83. The SMILES string of the molecule is CCCCCCc1ccc(-c2ccc3c(c2)c(=O)oc2c(F)c(CCC)ccc23)cc1. The van der Waals surface area contributed by atoms with Gasteiger partial charge in [-0.05, 0) is 47.6 Å². The maximum atomic E-state index is 14.8. The zero-order valence-electron chi connectivity index (χ0n) is 18.3. The molecule has 0 atom stereocenters. The van der Waals surface area contributed by atoms with E-state index in [1.54, 1.807) is 6.07 Å². The van der Waals surface area contributed by atoms with Crippen LogP contribution in [-0.4, -0.2) is 0 Å². The van der Waals surface area contributed by atoms with E-state index in [1.165, 1.54) is 31.2 Å². The maximum Gasteiger partial charge on any atom is 0.344 e. The Hall–Kier alpha value is -2.94. The normalized spacial score (nSPS) is 11.5. The third-order valence-corrected chi connectivity index (χ3v) is 6.03. The van der Waals surface area contributed by atoms with Crippen LogP contribution in [0.4, 0.5) is 4.39 Å². The molecule has 0 saturated heterocycles. The van der Waals surface area contributed by atoms with Gasteiger partial charge in [0.05, 0.1) is 5.39 Å². The van der Waals surface area contributed by atoms with Crippen LogP contribution in [0, 0.1) is 5.82 Å². The lowest BCUT2D eigenvalue weighted by molar-refractivity contribution is 0.524. The lowest BCUT2D eigenvalue weighted by atomic mass is 9.97. The van der Waals surface area contributed by atoms with Gasteiger partial charge in [-0.2, -0.15) is 0 Å². The standard InChI is InChI=1S/C28H29FO2/c1-3-5-6-7-9-19-10-12-20(13-11-19)22-15-16-23-24-17-14-21(8-4-2)26(29)27(24)31-28(30)25(23)18-22/h10-18H,3-9H2,1-2H3. The largest absolute Gasteiger partial charge is 0.419 e. The fourth-order valence-electron chi connectivity index (χ4n) is 4.27. The summed E-state index contributed by atoms with van der Waals surface area (Å²) in [4.78, 5) is 12.7. The van der Waals surface area contributed by atoms with Gasteiger partial charge < -0.3 is 4.42 Å². The quantitative estimate of drug-likeness (QED) is 0.166. The molecule has 0 aliphatic rings. The molecule has 0 fully saturated rings. The van der Waals surface area contributed by atoms with Crippen molar-refractivity contribution in [3.05, 3.63) is 82.0 Å². The number of benzene rings is 3. The summed E-state index contributed by atoms with van der Waals surface area (Å²) in [5.41, 5.74) is 3.50. The van der Waals surface area contributed by atoms with Gasteiger partial charge in [-0.25, -0.2) is 9.18 Å². The average Bonchev–Trinajstić information content (AvgIpc) is 2.79. The number of aryl methyl sites for hydroxylation is 2. The lowest BCUT2D eigenvalue weighted by Gasteiger charge is -2.09. The molecule has 0 radical (unpaired) electrons. The van der Waals surface area contributed by atoms with Crippen molar-refractivity contribution >= 4 is 21.7 Å². The maximum absolute atomic E-state index is 14.8. The lowest BCUT2D eigenvalue weighted by Crippen LogP contribution is -2.02. The molecule has 4 rings (SSSR count). The summed E-state index contributed by atoms with van der Waals surface area (Å²) in [6.45, 7) is 4.22. The highest BCUT2D eigenvalue weighted by molar-refractivity contribution is 6.05. The second kappa shape index (κ2) is 9.47. The summed E-state index contributed by atoms with van der Waals surface area (Å²) in [7, 11) is 0. The fraction of sp³-hybridized carbons (Fsp3) is 0.321. The molecule has 3 aromatic carbocycles. The van der Waals surface area contributed by atoms with E-state index < -0.39 is 11.4 Å². The summed E-state index contributed by atoms with van der Waals surface area (Å²) in [6.07, 6.45) is 7.57. The monoisotopic (exact) mass is 416 g/mol. The Morgan fingerprint density at radius 3 is 2.23 bits per heavy atom. The van der Waals surface area contributed by atoms with Crippen molar-refractivity contribution in [1.82, 2.24) is 0 Å². The Bertz CT molecular complexity index is 1250. The topological polar surface area (TPSA) is 30.2 Å². The minimum absolute atomic E-state index is 0.0589. The summed E-state index contributed by atoms with van der Waals surface area (Å²) >= 11 is 0. The van der Waals surface area contributed by atoms with Gasteiger partial charge >= 0.3 is 5.63 Å². The van der Waals surface area contributed by atoms with Gasteiger partial charge in [0, 0.05) is 10.8 Å². The van der Waals surface area contributed by atoms with Gasteiger partial charge in [-0.3, -0.25) is 0 Å². The molecule has 0 amide bonds. The van der Waals surface area contributed by atoms with E-state index in [1.807, 2.05) is 31.2 Å². The van der Waals surface area contributed by atoms with E-state index in [9.17, 15) is 9.18 Å². The number of hydrogen-bond acceptors (Lipinski definition) is 2. The molecule has 0 unspecified atom stereocenters. The first-order chi connectivity index (χ1) is 15.1. The van der Waals surface area contributed by atoms with Crippen LogP contribution in [0.2, 0.25) is 0 Å². The van der Waals surface area contributed by atoms with Crippen LogP contribution < -0.4 is 5.63 Å². The van der Waals surface area contributed by atoms with Crippen molar-refractivity contribution in [3.63, 3.8) is 0 Å². The van der Waals surface area contributed by atoms with E-state index in [2.05, 4.69) is 31.2 Å². The molecule has 0 aliphatic heterocycles. The highest BCUT2D eigenvalue weighted by atomic mass is 19.1. The van der Waals surface area contributed by atoms with Crippen LogP contribution >= 0.6 is 0 Å². The Morgan fingerprint density at radius 2 is 1.48 bits per heavy atom. The van der Waals surface area contributed by atoms with Crippen molar-refractivity contribution < 1.29 is 8.81 Å². The van der Waals surface area contributed by atoms with Gasteiger partial charge in [0.25, 0.3) is 0 Å². The number of fused-ring (bicyclic) bond motifs is 3. The highest BCUT2D eigenvalue weighted by Crippen LogP contribution is 2.30. The molecule has 0 saturated carbocycles. The molecule has 2 nitrogen and oxygen atoms in total. The van der Waals surface area contributed by atoms with E-state index in [0.29, 0.717) is 22.8 Å². The first-order valence-corrected chi connectivity index (χ1v) is 11.4. The number of halogens is 1. The Morgan fingerprint density at radius 1 is 0.742 bits per heavy atom. The van der Waals surface area contributed by atoms with Gasteiger partial charge in [0.1, 0.15) is 0 Å². The third-order valence-electron chi connectivity index (χ3n) is 6.03. The van der Waals surface area contributed by atoms with Crippen LogP contribution in [0.3, 0.4) is 0 Å². The van der Waals surface area contributed by atoms with Gasteiger partial charge in [-0.15, -0.1) is 0 Å². The molecule has 1 heterocycles. The molecule has 0 spiro atoms. The molecule has 0 bridgehead atoms. The summed E-state index contributed by atoms with van der Waals surface area (Å²) in [5, 5.41) is 1.85. The van der Waals surface area contributed by atoms with Crippen LogP contribution in [0.5, 0.6) is 0 Å². The molecule has 4 aromatic rings. The van der Waals surface area contributed by atoms with E-state index in [4.69, 9.17) is 4.42 Å². The minimum atomic E-state index is -0.496. The molecule has 3 heteroatoms. The zero-order valence-corrected chi connectivity index (χ0v) is 18.3. The highest BCUT2D eigenvalue weighted by Gasteiger charge is 2.15. The van der Waals surface area contributed by atoms with Crippen LogP contribution in [0.25, 0.3) is 32.9 Å². The molecule has 31 heavy (non-hydrogen) atoms. The summed E-state index contributed by atoms with van der Waals surface area (Å²) in [6, 6.07) is 18.0. The number of hydrogen-bond donors (Lipinski definition) is 0. The van der Waals surface area contributed by atoms with Crippen LogP contribution in [0.1, 0.15) is 57.1 Å². The number of rotatable bonds is 8. The second-order valence-corrected chi connectivity index (χ2v) is 8.32. The molecule has 160 valence electrons. The number of unbranched alkanes of at least 4 members (excludes halogenated alkanes) is 3. The van der Waals surface area contributed by atoms with Gasteiger partial charge in [0.15, 0.2) is 11.4 Å². The molecule has 0 aliphatic carbocycles. The molecule has 1 aromatic heterocycles. The predicted molar refractivity (Wildman–Crippen MR) is 127 cm³/mol. The average molecular weight is 417 g/mol.